The van der Waals surface area contributed by atoms with Crippen LogP contribution < -0.4 is 0 Å². The first kappa shape index (κ1) is 67.3. The summed E-state index contributed by atoms with van der Waals surface area (Å²) in [6, 6.07) is 0. The maximum absolute atomic E-state index is 12.8. The first-order valence-corrected chi connectivity index (χ1v) is 30.2. The molecule has 69 heavy (non-hydrogen) atoms. The molecule has 0 rings (SSSR count). The molecule has 0 amide bonds. The van der Waals surface area contributed by atoms with Crippen molar-refractivity contribution >= 4 is 17.9 Å². The molecule has 2 atom stereocenters. The van der Waals surface area contributed by atoms with Crippen LogP contribution in [0.15, 0.2) is 0 Å². The van der Waals surface area contributed by atoms with Gasteiger partial charge in [0.25, 0.3) is 6.29 Å². The Kier molecular flexibility index (Phi) is 51.3. The fourth-order valence-electron chi connectivity index (χ4n) is 9.19. The van der Waals surface area contributed by atoms with Crippen LogP contribution in [0.5, 0.6) is 0 Å². The van der Waals surface area contributed by atoms with E-state index in [-0.39, 0.29) is 32.2 Å². The molecular weight excluding hydrogens is 863 g/mol. The van der Waals surface area contributed by atoms with Gasteiger partial charge in [0.05, 0.1) is 34.4 Å². The molecule has 0 aliphatic heterocycles. The van der Waals surface area contributed by atoms with Crippen molar-refractivity contribution in [2.75, 3.05) is 47.5 Å². The molecule has 9 heteroatoms. The molecule has 0 spiro atoms. The summed E-state index contributed by atoms with van der Waals surface area (Å²) < 4.78 is 22.6. The first-order chi connectivity index (χ1) is 33.6. The van der Waals surface area contributed by atoms with Crippen molar-refractivity contribution in [3.8, 4) is 0 Å². The van der Waals surface area contributed by atoms with Crippen molar-refractivity contribution in [3.63, 3.8) is 0 Å². The standard InChI is InChI=1S/C60H117NO8/c1-6-8-10-12-13-14-15-16-17-18-19-20-21-22-23-24-25-26-27-28-29-30-31-32-33-34-35-36-37-38-39-40-41-42-43-44-45-47-49-51-58(63)69-56(54-67-57(62)50-48-46-11-9-7-2)55-68-60(59(64)65)66-53-52-61(3,4)5/h56,60H,6-55H2,1-5H3/p+1. The fraction of sp³-hybridized carbons (Fsp3) is 0.950. The monoisotopic (exact) mass is 981 g/mol. The number of carboxylic acids is 1. The van der Waals surface area contributed by atoms with Crippen LogP contribution in [0.1, 0.15) is 309 Å². The lowest BCUT2D eigenvalue weighted by molar-refractivity contribution is -0.870. The molecule has 0 heterocycles. The smallest absolute Gasteiger partial charge is 0.361 e. The largest absolute Gasteiger partial charge is 0.477 e. The third kappa shape index (κ3) is 53.9. The zero-order valence-electron chi connectivity index (χ0n) is 46.8. The SMILES string of the molecule is CCCCCCCCCCCCCCCCCCCCCCCCCCCCCCCCCCCCCCCCCC(=O)OC(COC(=O)CCCCCCC)COC(OCC[N+](C)(C)C)C(=O)O. The molecular formula is C60H118NO8+. The highest BCUT2D eigenvalue weighted by molar-refractivity contribution is 5.71. The second-order valence-electron chi connectivity index (χ2n) is 22.0. The zero-order chi connectivity index (χ0) is 50.6. The maximum Gasteiger partial charge on any atom is 0.361 e. The Morgan fingerprint density at radius 1 is 0.377 bits per heavy atom. The number of nitrogens with zero attached hydrogens (tertiary/aromatic N) is 1. The van der Waals surface area contributed by atoms with E-state index in [1.165, 1.54) is 231 Å². The van der Waals surface area contributed by atoms with Crippen LogP contribution in [-0.2, 0) is 33.3 Å². The van der Waals surface area contributed by atoms with Gasteiger partial charge in [0.2, 0.25) is 0 Å². The summed E-state index contributed by atoms with van der Waals surface area (Å²) in [7, 11) is 5.96. The number of aliphatic carboxylic acids is 1. The van der Waals surface area contributed by atoms with Gasteiger partial charge in [-0.25, -0.2) is 4.79 Å². The molecule has 0 aromatic heterocycles. The maximum atomic E-state index is 12.8. The highest BCUT2D eigenvalue weighted by atomic mass is 16.7. The number of hydrogen-bond donors (Lipinski definition) is 1. The summed E-state index contributed by atoms with van der Waals surface area (Å²) >= 11 is 0. The number of hydrogen-bond acceptors (Lipinski definition) is 7. The Morgan fingerprint density at radius 3 is 0.928 bits per heavy atom. The quantitative estimate of drug-likeness (QED) is 0.0278. The molecule has 0 bridgehead atoms. The van der Waals surface area contributed by atoms with E-state index in [0.29, 0.717) is 17.4 Å². The normalized spacial score (nSPS) is 12.7. The molecule has 1 N–H and O–H groups in total. The van der Waals surface area contributed by atoms with Gasteiger partial charge >= 0.3 is 17.9 Å². The average Bonchev–Trinajstić information content (AvgIpc) is 3.31. The third-order valence-electron chi connectivity index (χ3n) is 13.9. The van der Waals surface area contributed by atoms with Gasteiger partial charge in [0, 0.05) is 12.8 Å². The zero-order valence-corrected chi connectivity index (χ0v) is 46.8. The summed E-state index contributed by atoms with van der Waals surface area (Å²) in [5.74, 6) is -2.00. The van der Waals surface area contributed by atoms with Gasteiger partial charge in [0.1, 0.15) is 13.2 Å². The van der Waals surface area contributed by atoms with E-state index in [1.807, 2.05) is 21.1 Å². The summed E-state index contributed by atoms with van der Waals surface area (Å²) in [4.78, 5) is 36.9. The molecule has 0 aromatic rings. The molecule has 2 unspecified atom stereocenters. The van der Waals surface area contributed by atoms with Crippen molar-refractivity contribution < 1.29 is 42.9 Å². The van der Waals surface area contributed by atoms with Crippen LogP contribution in [0.25, 0.3) is 0 Å². The average molecular weight is 982 g/mol. The van der Waals surface area contributed by atoms with Gasteiger partial charge in [0.15, 0.2) is 6.10 Å². The molecule has 410 valence electrons. The van der Waals surface area contributed by atoms with Gasteiger partial charge in [-0.05, 0) is 12.8 Å². The van der Waals surface area contributed by atoms with E-state index in [2.05, 4.69) is 13.8 Å². The lowest BCUT2D eigenvalue weighted by Crippen LogP contribution is -2.40. The van der Waals surface area contributed by atoms with E-state index >= 15 is 0 Å². The fourth-order valence-corrected chi connectivity index (χ4v) is 9.19. The number of unbranched alkanes of at least 4 members (excludes halogenated alkanes) is 42. The van der Waals surface area contributed by atoms with E-state index in [1.54, 1.807) is 0 Å². The lowest BCUT2D eigenvalue weighted by Gasteiger charge is -2.25. The second-order valence-corrected chi connectivity index (χ2v) is 22.0. The van der Waals surface area contributed by atoms with Crippen molar-refractivity contribution in [1.29, 1.82) is 0 Å². The Labute approximate surface area is 428 Å². The van der Waals surface area contributed by atoms with Gasteiger partial charge in [-0.15, -0.1) is 0 Å². The predicted molar refractivity (Wildman–Crippen MR) is 291 cm³/mol. The molecule has 0 radical (unpaired) electrons. The second kappa shape index (κ2) is 52.6. The number of carbonyl (C=O) groups excluding carboxylic acids is 2. The first-order valence-electron chi connectivity index (χ1n) is 30.2. The minimum absolute atomic E-state index is 0.176. The van der Waals surface area contributed by atoms with Gasteiger partial charge in [-0.1, -0.05) is 284 Å². The van der Waals surface area contributed by atoms with Gasteiger partial charge in [-0.2, -0.15) is 0 Å². The molecule has 0 saturated carbocycles. The van der Waals surface area contributed by atoms with Gasteiger partial charge < -0.3 is 28.5 Å². The Balaban J connectivity index is 3.71. The van der Waals surface area contributed by atoms with Crippen LogP contribution in [-0.4, -0.2) is 87.4 Å². The number of rotatable bonds is 57. The van der Waals surface area contributed by atoms with Crippen LogP contribution in [0.3, 0.4) is 0 Å². The number of quaternary nitrogens is 1. The minimum Gasteiger partial charge on any atom is -0.477 e. The minimum atomic E-state index is -1.50. The molecule has 9 nitrogen and oxygen atoms in total. The predicted octanol–water partition coefficient (Wildman–Crippen LogP) is 17.6. The highest BCUT2D eigenvalue weighted by Gasteiger charge is 2.25. The third-order valence-corrected chi connectivity index (χ3v) is 13.9. The van der Waals surface area contributed by atoms with Crippen LogP contribution in [0.4, 0.5) is 0 Å². The van der Waals surface area contributed by atoms with Crippen molar-refractivity contribution in [2.45, 2.75) is 322 Å². The van der Waals surface area contributed by atoms with Gasteiger partial charge in [-0.3, -0.25) is 9.59 Å². The molecule has 0 saturated heterocycles. The number of esters is 2. The van der Waals surface area contributed by atoms with Crippen LogP contribution in [0.2, 0.25) is 0 Å². The summed E-state index contributed by atoms with van der Waals surface area (Å²) in [6.45, 7) is 4.83. The van der Waals surface area contributed by atoms with Crippen molar-refractivity contribution in [1.82, 2.24) is 0 Å². The summed E-state index contributed by atoms with van der Waals surface area (Å²) in [5.41, 5.74) is 0. The summed E-state index contributed by atoms with van der Waals surface area (Å²) in [6.07, 6.45) is 57.2. The number of ether oxygens (including phenoxy) is 4. The Bertz CT molecular complexity index is 1100. The van der Waals surface area contributed by atoms with E-state index in [9.17, 15) is 19.5 Å². The number of carboxylic acid groups (broad SMARTS) is 1. The Morgan fingerprint density at radius 2 is 0.652 bits per heavy atom. The molecule has 0 aliphatic rings. The molecule has 0 fully saturated rings. The van der Waals surface area contributed by atoms with E-state index in [0.717, 1.165) is 51.4 Å². The number of carbonyl (C=O) groups is 3. The molecule has 0 aromatic carbocycles. The molecule has 0 aliphatic carbocycles. The van der Waals surface area contributed by atoms with Crippen molar-refractivity contribution in [3.05, 3.63) is 0 Å². The highest BCUT2D eigenvalue weighted by Crippen LogP contribution is 2.18. The van der Waals surface area contributed by atoms with Crippen LogP contribution in [0, 0.1) is 0 Å². The Hall–Kier alpha value is -1.71. The summed E-state index contributed by atoms with van der Waals surface area (Å²) in [5, 5.41) is 9.61. The van der Waals surface area contributed by atoms with Crippen molar-refractivity contribution in [2.24, 2.45) is 0 Å². The van der Waals surface area contributed by atoms with Crippen LogP contribution >= 0.6 is 0 Å². The number of likely N-dealkylation sites (N-methyl/N-ethyl adjacent to an activating group) is 1. The lowest BCUT2D eigenvalue weighted by atomic mass is 10.0. The van der Waals surface area contributed by atoms with E-state index < -0.39 is 24.3 Å². The van der Waals surface area contributed by atoms with E-state index in [4.69, 9.17) is 18.9 Å². The topological polar surface area (TPSA) is 108 Å².